The molecule has 0 saturated heterocycles. The van der Waals surface area contributed by atoms with Gasteiger partial charge < -0.3 is 0 Å². The van der Waals surface area contributed by atoms with Crippen LogP contribution >= 0.6 is 11.6 Å². The molecule has 0 amide bonds. The number of Topliss-reactive ketones (excluding diaryl/α,β-unsaturated/α-hetero) is 1. The first-order valence-corrected chi connectivity index (χ1v) is 5.07. The summed E-state index contributed by atoms with van der Waals surface area (Å²) in [4.78, 5) is 11.2. The average Bonchev–Trinajstić information content (AvgIpc) is 2.18. The summed E-state index contributed by atoms with van der Waals surface area (Å²) in [6, 6.07) is 6.48. The highest BCUT2D eigenvalue weighted by Crippen LogP contribution is 2.22. The quantitative estimate of drug-likeness (QED) is 0.795. The van der Waals surface area contributed by atoms with Gasteiger partial charge in [0.25, 0.3) is 0 Å². The molecular formula is C11H10ClF3O. The third-order valence-corrected chi connectivity index (χ3v) is 2.25. The molecule has 1 aromatic carbocycles. The van der Waals surface area contributed by atoms with Crippen molar-refractivity contribution in [2.24, 2.45) is 0 Å². The number of rotatable bonds is 4. The van der Waals surface area contributed by atoms with Crippen molar-refractivity contribution in [2.45, 2.75) is 25.4 Å². The van der Waals surface area contributed by atoms with Gasteiger partial charge in [-0.05, 0) is 17.7 Å². The topological polar surface area (TPSA) is 17.1 Å². The molecular weight excluding hydrogens is 241 g/mol. The van der Waals surface area contributed by atoms with Crippen molar-refractivity contribution >= 4 is 17.4 Å². The summed E-state index contributed by atoms with van der Waals surface area (Å²) in [5, 5.41) is 0.534. The third-order valence-electron chi connectivity index (χ3n) is 2.00. The normalized spacial score (nSPS) is 11.5. The summed E-state index contributed by atoms with van der Waals surface area (Å²) in [5.74, 6) is -0.417. The molecule has 16 heavy (non-hydrogen) atoms. The van der Waals surface area contributed by atoms with Gasteiger partial charge in [0.2, 0.25) is 0 Å². The molecule has 0 aliphatic rings. The van der Waals surface area contributed by atoms with E-state index in [0.717, 1.165) is 0 Å². The Morgan fingerprint density at radius 1 is 1.19 bits per heavy atom. The Balaban J connectivity index is 2.43. The third kappa shape index (κ3) is 5.16. The highest BCUT2D eigenvalue weighted by Gasteiger charge is 2.27. The van der Waals surface area contributed by atoms with Gasteiger partial charge in [-0.15, -0.1) is 0 Å². The first kappa shape index (κ1) is 13.0. The maximum absolute atomic E-state index is 11.8. The van der Waals surface area contributed by atoms with Gasteiger partial charge in [-0.25, -0.2) is 0 Å². The Kier molecular flexibility index (Phi) is 4.35. The lowest BCUT2D eigenvalue weighted by Crippen LogP contribution is -2.12. The lowest BCUT2D eigenvalue weighted by Gasteiger charge is -2.05. The standard InChI is InChI=1S/C11H10ClF3O/c12-9-3-1-8(2-4-9)7-10(16)5-6-11(13,14)15/h1-4H,5-7H2. The second-order valence-electron chi connectivity index (χ2n) is 3.46. The number of carbonyl (C=O) groups is 1. The molecule has 1 nitrogen and oxygen atoms in total. The predicted molar refractivity (Wildman–Crippen MR) is 55.5 cm³/mol. The van der Waals surface area contributed by atoms with Crippen LogP contribution in [0.3, 0.4) is 0 Å². The van der Waals surface area contributed by atoms with E-state index in [1.807, 2.05) is 0 Å². The van der Waals surface area contributed by atoms with Gasteiger partial charge in [0, 0.05) is 17.9 Å². The highest BCUT2D eigenvalue weighted by atomic mass is 35.5. The number of benzene rings is 1. The summed E-state index contributed by atoms with van der Waals surface area (Å²) >= 11 is 5.64. The Morgan fingerprint density at radius 3 is 2.25 bits per heavy atom. The maximum atomic E-state index is 11.8. The van der Waals surface area contributed by atoms with Crippen LogP contribution < -0.4 is 0 Å². The molecule has 0 saturated carbocycles. The number of alkyl halides is 3. The number of hydrogen-bond donors (Lipinski definition) is 0. The summed E-state index contributed by atoms with van der Waals surface area (Å²) in [5.41, 5.74) is 0.677. The van der Waals surface area contributed by atoms with Crippen molar-refractivity contribution in [2.75, 3.05) is 0 Å². The summed E-state index contributed by atoms with van der Waals surface area (Å²) in [6.45, 7) is 0. The largest absolute Gasteiger partial charge is 0.389 e. The first-order valence-electron chi connectivity index (χ1n) is 4.70. The molecule has 0 fully saturated rings. The van der Waals surface area contributed by atoms with Crippen LogP contribution in [0.2, 0.25) is 5.02 Å². The molecule has 0 bridgehead atoms. The van der Waals surface area contributed by atoms with Crippen LogP contribution in [0.1, 0.15) is 18.4 Å². The van der Waals surface area contributed by atoms with Gasteiger partial charge in [-0.1, -0.05) is 23.7 Å². The average molecular weight is 251 g/mol. The first-order chi connectivity index (χ1) is 7.37. The number of hydrogen-bond acceptors (Lipinski definition) is 1. The van der Waals surface area contributed by atoms with E-state index < -0.39 is 24.8 Å². The van der Waals surface area contributed by atoms with E-state index in [1.165, 1.54) is 0 Å². The molecule has 0 aliphatic carbocycles. The van der Waals surface area contributed by atoms with Crippen LogP contribution in [0.5, 0.6) is 0 Å². The van der Waals surface area contributed by atoms with Gasteiger partial charge in [0.15, 0.2) is 0 Å². The van der Waals surface area contributed by atoms with Crippen molar-refractivity contribution in [3.05, 3.63) is 34.9 Å². The minimum absolute atomic E-state index is 0.0211. The van der Waals surface area contributed by atoms with Crippen LogP contribution in [0.4, 0.5) is 13.2 Å². The molecule has 5 heteroatoms. The second kappa shape index (κ2) is 5.34. The van der Waals surface area contributed by atoms with Crippen molar-refractivity contribution in [3.8, 4) is 0 Å². The van der Waals surface area contributed by atoms with Crippen molar-refractivity contribution < 1.29 is 18.0 Å². The number of ketones is 1. The van der Waals surface area contributed by atoms with Crippen LogP contribution in [0, 0.1) is 0 Å². The molecule has 0 atom stereocenters. The smallest absolute Gasteiger partial charge is 0.299 e. The van der Waals surface area contributed by atoms with E-state index in [9.17, 15) is 18.0 Å². The van der Waals surface area contributed by atoms with E-state index in [-0.39, 0.29) is 6.42 Å². The molecule has 0 aliphatic heterocycles. The predicted octanol–water partition coefficient (Wildman–Crippen LogP) is 3.79. The van der Waals surface area contributed by atoms with Crippen LogP contribution in [-0.2, 0) is 11.2 Å². The van der Waals surface area contributed by atoms with Gasteiger partial charge >= 0.3 is 6.18 Å². The Labute approximate surface area is 96.2 Å². The molecule has 1 rings (SSSR count). The zero-order chi connectivity index (χ0) is 12.2. The fraction of sp³-hybridized carbons (Fsp3) is 0.364. The van der Waals surface area contributed by atoms with E-state index in [0.29, 0.717) is 10.6 Å². The number of halogens is 4. The lowest BCUT2D eigenvalue weighted by atomic mass is 10.1. The highest BCUT2D eigenvalue weighted by molar-refractivity contribution is 6.30. The van der Waals surface area contributed by atoms with Gasteiger partial charge in [0.1, 0.15) is 5.78 Å². The van der Waals surface area contributed by atoms with E-state index >= 15 is 0 Å². The summed E-state index contributed by atoms with van der Waals surface area (Å²) < 4.78 is 35.5. The molecule has 0 heterocycles. The van der Waals surface area contributed by atoms with E-state index in [2.05, 4.69) is 0 Å². The van der Waals surface area contributed by atoms with Gasteiger partial charge in [-0.3, -0.25) is 4.79 Å². The summed E-state index contributed by atoms with van der Waals surface area (Å²) in [6.07, 6.45) is -5.77. The summed E-state index contributed by atoms with van der Waals surface area (Å²) in [7, 11) is 0. The molecule has 1 aromatic rings. The lowest BCUT2D eigenvalue weighted by molar-refractivity contribution is -0.143. The Hall–Kier alpha value is -1.03. The van der Waals surface area contributed by atoms with E-state index in [1.54, 1.807) is 24.3 Å². The molecule has 88 valence electrons. The second-order valence-corrected chi connectivity index (χ2v) is 3.89. The van der Waals surface area contributed by atoms with E-state index in [4.69, 9.17) is 11.6 Å². The SMILES string of the molecule is O=C(CCC(F)(F)F)Cc1ccc(Cl)cc1. The van der Waals surface area contributed by atoms with Crippen LogP contribution in [-0.4, -0.2) is 12.0 Å². The minimum Gasteiger partial charge on any atom is -0.299 e. The van der Waals surface area contributed by atoms with Crippen LogP contribution in [0.25, 0.3) is 0 Å². The number of carbonyl (C=O) groups excluding carboxylic acids is 1. The zero-order valence-corrected chi connectivity index (χ0v) is 9.11. The van der Waals surface area contributed by atoms with Gasteiger partial charge in [0.05, 0.1) is 6.42 Å². The monoisotopic (exact) mass is 250 g/mol. The molecule has 0 unspecified atom stereocenters. The zero-order valence-electron chi connectivity index (χ0n) is 8.35. The molecule has 0 radical (unpaired) electrons. The Bertz CT molecular complexity index is 356. The van der Waals surface area contributed by atoms with Crippen molar-refractivity contribution in [1.29, 1.82) is 0 Å². The fourth-order valence-electron chi connectivity index (χ4n) is 1.20. The van der Waals surface area contributed by atoms with Crippen LogP contribution in [0.15, 0.2) is 24.3 Å². The molecule has 0 spiro atoms. The van der Waals surface area contributed by atoms with Crippen molar-refractivity contribution in [3.63, 3.8) is 0 Å². The van der Waals surface area contributed by atoms with Crippen molar-refractivity contribution in [1.82, 2.24) is 0 Å². The Morgan fingerprint density at radius 2 is 1.75 bits per heavy atom. The minimum atomic E-state index is -4.27. The van der Waals surface area contributed by atoms with Gasteiger partial charge in [-0.2, -0.15) is 13.2 Å². The fourth-order valence-corrected chi connectivity index (χ4v) is 1.33. The molecule has 0 aromatic heterocycles. The maximum Gasteiger partial charge on any atom is 0.389 e. The molecule has 0 N–H and O–H groups in total.